The molecule has 0 aromatic heterocycles. The third-order valence-corrected chi connectivity index (χ3v) is 2.21. The topological polar surface area (TPSA) is 20.2 Å². The van der Waals surface area contributed by atoms with Crippen molar-refractivity contribution in [3.63, 3.8) is 0 Å². The molecule has 2 atom stereocenters. The zero-order chi connectivity index (χ0) is 9.28. The van der Waals surface area contributed by atoms with Gasteiger partial charge in [-0.25, -0.2) is 0 Å². The summed E-state index contributed by atoms with van der Waals surface area (Å²) in [5, 5.41) is 8.83. The molecule has 0 bridgehead atoms. The molecule has 0 rings (SSSR count). The van der Waals surface area contributed by atoms with E-state index in [0.29, 0.717) is 18.4 Å². The SMILES string of the molecule is CC.CCC(C)C(CC)CO. The summed E-state index contributed by atoms with van der Waals surface area (Å²) in [7, 11) is 0. The summed E-state index contributed by atoms with van der Waals surface area (Å²) in [5.41, 5.74) is 0. The third kappa shape index (κ3) is 6.36. The smallest absolute Gasteiger partial charge is 0.0461 e. The molecule has 0 aliphatic heterocycles. The van der Waals surface area contributed by atoms with E-state index in [9.17, 15) is 0 Å². The van der Waals surface area contributed by atoms with Crippen molar-refractivity contribution in [2.45, 2.75) is 47.5 Å². The van der Waals surface area contributed by atoms with E-state index >= 15 is 0 Å². The molecule has 0 heterocycles. The Morgan fingerprint density at radius 1 is 1.09 bits per heavy atom. The maximum Gasteiger partial charge on any atom is 0.0461 e. The van der Waals surface area contributed by atoms with E-state index in [2.05, 4.69) is 20.8 Å². The lowest BCUT2D eigenvalue weighted by Crippen LogP contribution is -2.13. The summed E-state index contributed by atoms with van der Waals surface area (Å²) in [5.74, 6) is 1.20. The molecular formula is C10H24O. The highest BCUT2D eigenvalue weighted by molar-refractivity contribution is 4.61. The highest BCUT2D eigenvalue weighted by Gasteiger charge is 2.10. The Bertz CT molecular complexity index is 57.9. The van der Waals surface area contributed by atoms with Crippen LogP contribution in [-0.2, 0) is 0 Å². The lowest BCUT2D eigenvalue weighted by Gasteiger charge is -2.17. The first-order chi connectivity index (χ1) is 5.26. The van der Waals surface area contributed by atoms with Crippen LogP contribution >= 0.6 is 0 Å². The van der Waals surface area contributed by atoms with Crippen LogP contribution < -0.4 is 0 Å². The molecule has 0 saturated heterocycles. The van der Waals surface area contributed by atoms with Crippen LogP contribution in [-0.4, -0.2) is 11.7 Å². The van der Waals surface area contributed by atoms with Crippen molar-refractivity contribution < 1.29 is 5.11 Å². The van der Waals surface area contributed by atoms with Gasteiger partial charge in [0.15, 0.2) is 0 Å². The minimum absolute atomic E-state index is 0.353. The van der Waals surface area contributed by atoms with Crippen LogP contribution in [0.25, 0.3) is 0 Å². The molecule has 0 saturated carbocycles. The largest absolute Gasteiger partial charge is 0.396 e. The zero-order valence-electron chi connectivity index (χ0n) is 8.72. The Hall–Kier alpha value is -0.0400. The van der Waals surface area contributed by atoms with Crippen LogP contribution in [0.15, 0.2) is 0 Å². The van der Waals surface area contributed by atoms with E-state index in [1.165, 1.54) is 6.42 Å². The van der Waals surface area contributed by atoms with Crippen molar-refractivity contribution in [1.82, 2.24) is 0 Å². The molecular weight excluding hydrogens is 136 g/mol. The van der Waals surface area contributed by atoms with Crippen LogP contribution in [0.2, 0.25) is 0 Å². The second kappa shape index (κ2) is 9.96. The second-order valence-electron chi connectivity index (χ2n) is 2.74. The fourth-order valence-electron chi connectivity index (χ4n) is 1.04. The average molecular weight is 160 g/mol. The standard InChI is InChI=1S/C8H18O.C2H6/c1-4-7(3)8(5-2)6-9;1-2/h7-9H,4-6H2,1-3H3;1-2H3. The van der Waals surface area contributed by atoms with Gasteiger partial charge in [0.1, 0.15) is 0 Å². The van der Waals surface area contributed by atoms with E-state index in [-0.39, 0.29) is 0 Å². The Morgan fingerprint density at radius 3 is 1.64 bits per heavy atom. The Kier molecular flexibility index (Phi) is 12.3. The van der Waals surface area contributed by atoms with Crippen LogP contribution in [0.1, 0.15) is 47.5 Å². The van der Waals surface area contributed by atoms with Crippen molar-refractivity contribution in [2.24, 2.45) is 11.8 Å². The molecule has 0 aromatic carbocycles. The van der Waals surface area contributed by atoms with E-state index in [0.717, 1.165) is 6.42 Å². The molecule has 0 fully saturated rings. The second-order valence-corrected chi connectivity index (χ2v) is 2.74. The highest BCUT2D eigenvalue weighted by atomic mass is 16.3. The van der Waals surface area contributed by atoms with Gasteiger partial charge in [0.05, 0.1) is 0 Å². The fourth-order valence-corrected chi connectivity index (χ4v) is 1.04. The zero-order valence-corrected chi connectivity index (χ0v) is 8.72. The maximum absolute atomic E-state index is 8.83. The normalized spacial score (nSPS) is 14.7. The van der Waals surface area contributed by atoms with Gasteiger partial charge in [0.2, 0.25) is 0 Å². The molecule has 70 valence electrons. The lowest BCUT2D eigenvalue weighted by molar-refractivity contribution is 0.176. The van der Waals surface area contributed by atoms with Gasteiger partial charge in [-0.2, -0.15) is 0 Å². The molecule has 11 heavy (non-hydrogen) atoms. The molecule has 1 N–H and O–H groups in total. The average Bonchev–Trinajstić information content (AvgIpc) is 2.10. The first-order valence-electron chi connectivity index (χ1n) is 4.87. The fraction of sp³-hybridized carbons (Fsp3) is 1.00. The van der Waals surface area contributed by atoms with E-state index in [1.807, 2.05) is 13.8 Å². The number of aliphatic hydroxyl groups is 1. The van der Waals surface area contributed by atoms with Crippen molar-refractivity contribution in [1.29, 1.82) is 0 Å². The summed E-state index contributed by atoms with van der Waals surface area (Å²) < 4.78 is 0. The van der Waals surface area contributed by atoms with Crippen molar-refractivity contribution >= 4 is 0 Å². The van der Waals surface area contributed by atoms with Crippen molar-refractivity contribution in [3.05, 3.63) is 0 Å². The minimum atomic E-state index is 0.353. The van der Waals surface area contributed by atoms with Crippen LogP contribution in [0, 0.1) is 11.8 Å². The molecule has 0 spiro atoms. The summed E-state index contributed by atoms with van der Waals surface area (Å²) in [6.45, 7) is 10.9. The minimum Gasteiger partial charge on any atom is -0.396 e. The van der Waals surface area contributed by atoms with Crippen LogP contribution in [0.3, 0.4) is 0 Å². The summed E-state index contributed by atoms with van der Waals surface area (Å²) >= 11 is 0. The molecule has 2 unspecified atom stereocenters. The Morgan fingerprint density at radius 2 is 1.55 bits per heavy atom. The lowest BCUT2D eigenvalue weighted by atomic mass is 9.90. The highest BCUT2D eigenvalue weighted by Crippen LogP contribution is 2.17. The summed E-state index contributed by atoms with van der Waals surface area (Å²) in [6, 6.07) is 0. The van der Waals surface area contributed by atoms with Gasteiger partial charge in [-0.1, -0.05) is 47.5 Å². The monoisotopic (exact) mass is 160 g/mol. The van der Waals surface area contributed by atoms with E-state index < -0.39 is 0 Å². The molecule has 0 radical (unpaired) electrons. The number of hydrogen-bond donors (Lipinski definition) is 1. The maximum atomic E-state index is 8.83. The first-order valence-corrected chi connectivity index (χ1v) is 4.87. The summed E-state index contributed by atoms with van der Waals surface area (Å²) in [6.07, 6.45) is 2.28. The van der Waals surface area contributed by atoms with Gasteiger partial charge in [-0.15, -0.1) is 0 Å². The Balaban J connectivity index is 0. The van der Waals surface area contributed by atoms with Gasteiger partial charge >= 0.3 is 0 Å². The van der Waals surface area contributed by atoms with Gasteiger partial charge in [0, 0.05) is 6.61 Å². The summed E-state index contributed by atoms with van der Waals surface area (Å²) in [4.78, 5) is 0. The number of rotatable bonds is 4. The first kappa shape index (κ1) is 13.5. The van der Waals surface area contributed by atoms with Gasteiger partial charge in [-0.3, -0.25) is 0 Å². The van der Waals surface area contributed by atoms with Gasteiger partial charge < -0.3 is 5.11 Å². The van der Waals surface area contributed by atoms with E-state index in [1.54, 1.807) is 0 Å². The van der Waals surface area contributed by atoms with Crippen LogP contribution in [0.4, 0.5) is 0 Å². The number of aliphatic hydroxyl groups excluding tert-OH is 1. The third-order valence-electron chi connectivity index (χ3n) is 2.21. The molecule has 0 amide bonds. The molecule has 1 nitrogen and oxygen atoms in total. The Labute approximate surface area is 71.8 Å². The van der Waals surface area contributed by atoms with Crippen molar-refractivity contribution in [2.75, 3.05) is 6.61 Å². The predicted octanol–water partition coefficient (Wildman–Crippen LogP) is 3.08. The molecule has 0 aliphatic rings. The predicted molar refractivity (Wildman–Crippen MR) is 51.7 cm³/mol. The van der Waals surface area contributed by atoms with Crippen molar-refractivity contribution in [3.8, 4) is 0 Å². The van der Waals surface area contributed by atoms with Gasteiger partial charge in [-0.05, 0) is 11.8 Å². The van der Waals surface area contributed by atoms with Gasteiger partial charge in [0.25, 0.3) is 0 Å². The molecule has 0 aliphatic carbocycles. The van der Waals surface area contributed by atoms with Crippen LogP contribution in [0.5, 0.6) is 0 Å². The molecule has 1 heteroatoms. The molecule has 0 aromatic rings. The quantitative estimate of drug-likeness (QED) is 0.670. The number of hydrogen-bond acceptors (Lipinski definition) is 1. The van der Waals surface area contributed by atoms with E-state index in [4.69, 9.17) is 5.11 Å².